The van der Waals surface area contributed by atoms with Gasteiger partial charge < -0.3 is 15.0 Å². The van der Waals surface area contributed by atoms with E-state index < -0.39 is 10.0 Å². The molecular formula is C26H37N3O4S. The van der Waals surface area contributed by atoms with Crippen LogP contribution in [0.5, 0.6) is 0 Å². The molecule has 2 fully saturated rings. The first-order valence-corrected chi connectivity index (χ1v) is 14.1. The molecule has 1 heterocycles. The molecule has 1 aliphatic carbocycles. The van der Waals surface area contributed by atoms with E-state index in [4.69, 9.17) is 4.74 Å². The molecule has 1 unspecified atom stereocenters. The van der Waals surface area contributed by atoms with E-state index >= 15 is 0 Å². The monoisotopic (exact) mass is 487 g/mol. The van der Waals surface area contributed by atoms with Gasteiger partial charge in [-0.15, -0.1) is 0 Å². The number of amides is 1. The van der Waals surface area contributed by atoms with Crippen LogP contribution in [0.25, 0.3) is 10.8 Å². The van der Waals surface area contributed by atoms with Gasteiger partial charge in [-0.25, -0.2) is 17.9 Å². The summed E-state index contributed by atoms with van der Waals surface area (Å²) < 4.78 is 34.7. The first kappa shape index (κ1) is 24.9. The third-order valence-electron chi connectivity index (χ3n) is 7.11. The Kier molecular flexibility index (Phi) is 8.11. The van der Waals surface area contributed by atoms with Crippen molar-refractivity contribution >= 4 is 26.9 Å². The fraction of sp³-hybridized carbons (Fsp3) is 0.577. The van der Waals surface area contributed by atoms with Gasteiger partial charge >= 0.3 is 6.09 Å². The van der Waals surface area contributed by atoms with Gasteiger partial charge in [0, 0.05) is 36.6 Å². The van der Waals surface area contributed by atoms with Crippen LogP contribution >= 0.6 is 0 Å². The number of piperidine rings is 1. The zero-order chi connectivity index (χ0) is 24.1. The van der Waals surface area contributed by atoms with Crippen molar-refractivity contribution in [2.75, 3.05) is 19.7 Å². The van der Waals surface area contributed by atoms with E-state index in [-0.39, 0.29) is 18.2 Å². The Morgan fingerprint density at radius 3 is 2.35 bits per heavy atom. The lowest BCUT2D eigenvalue weighted by Crippen LogP contribution is -2.46. The maximum atomic E-state index is 13.4. The second-order valence-electron chi connectivity index (χ2n) is 9.50. The SMILES string of the molecule is CCOC(=O)N1CCC(NS(=O)(=O)c2ccc(C(C)NC3CCCCC3)c3ccccc23)CC1. The molecule has 1 amide bonds. The van der Waals surface area contributed by atoms with Crippen molar-refractivity contribution in [3.8, 4) is 0 Å². The summed E-state index contributed by atoms with van der Waals surface area (Å²) in [6, 6.07) is 11.9. The van der Waals surface area contributed by atoms with E-state index in [1.54, 1.807) is 17.9 Å². The first-order chi connectivity index (χ1) is 16.4. The Balaban J connectivity index is 1.50. The summed E-state index contributed by atoms with van der Waals surface area (Å²) in [6.07, 6.45) is 7.06. The molecule has 0 bridgehead atoms. The minimum absolute atomic E-state index is 0.143. The van der Waals surface area contributed by atoms with Crippen molar-refractivity contribution in [2.24, 2.45) is 0 Å². The van der Waals surface area contributed by atoms with Crippen LogP contribution < -0.4 is 10.0 Å². The third kappa shape index (κ3) is 5.73. The average Bonchev–Trinajstić information content (AvgIpc) is 2.84. The van der Waals surface area contributed by atoms with Crippen LogP contribution in [-0.2, 0) is 14.8 Å². The normalized spacial score (nSPS) is 19.3. The Morgan fingerprint density at radius 2 is 1.68 bits per heavy atom. The molecule has 34 heavy (non-hydrogen) atoms. The Labute approximate surface area is 203 Å². The fourth-order valence-corrected chi connectivity index (χ4v) is 6.81. The quantitative estimate of drug-likeness (QED) is 0.590. The number of likely N-dealkylation sites (tertiary alicyclic amines) is 1. The fourth-order valence-electron chi connectivity index (χ4n) is 5.30. The lowest BCUT2D eigenvalue weighted by Gasteiger charge is -2.31. The Morgan fingerprint density at radius 1 is 1.00 bits per heavy atom. The highest BCUT2D eigenvalue weighted by atomic mass is 32.2. The number of hydrogen-bond donors (Lipinski definition) is 2. The predicted octanol–water partition coefficient (Wildman–Crippen LogP) is 4.72. The topological polar surface area (TPSA) is 87.7 Å². The summed E-state index contributed by atoms with van der Waals surface area (Å²) in [5, 5.41) is 5.48. The number of carbonyl (C=O) groups excluding carboxylic acids is 1. The summed E-state index contributed by atoms with van der Waals surface area (Å²) >= 11 is 0. The number of ether oxygens (including phenoxy) is 1. The van der Waals surface area contributed by atoms with Crippen LogP contribution in [0.2, 0.25) is 0 Å². The van der Waals surface area contributed by atoms with E-state index in [0.717, 1.165) is 16.3 Å². The van der Waals surface area contributed by atoms with E-state index in [9.17, 15) is 13.2 Å². The maximum Gasteiger partial charge on any atom is 0.409 e. The van der Waals surface area contributed by atoms with Crippen LogP contribution in [0.15, 0.2) is 41.3 Å². The molecule has 7 nitrogen and oxygen atoms in total. The molecule has 2 aromatic carbocycles. The van der Waals surface area contributed by atoms with Crippen LogP contribution in [0.1, 0.15) is 70.4 Å². The zero-order valence-corrected chi connectivity index (χ0v) is 21.1. The summed E-state index contributed by atoms with van der Waals surface area (Å²) in [5.41, 5.74) is 1.13. The van der Waals surface area contributed by atoms with Crippen LogP contribution in [0, 0.1) is 0 Å². The number of hydrogen-bond acceptors (Lipinski definition) is 5. The van der Waals surface area contributed by atoms with E-state index in [0.29, 0.717) is 43.5 Å². The minimum atomic E-state index is -3.71. The maximum absolute atomic E-state index is 13.4. The van der Waals surface area contributed by atoms with E-state index in [2.05, 4.69) is 17.0 Å². The molecule has 0 spiro atoms. The smallest absolute Gasteiger partial charge is 0.409 e. The van der Waals surface area contributed by atoms with Gasteiger partial charge in [0.1, 0.15) is 0 Å². The van der Waals surface area contributed by atoms with Crippen molar-refractivity contribution in [1.82, 2.24) is 14.9 Å². The van der Waals surface area contributed by atoms with Gasteiger partial charge in [0.25, 0.3) is 0 Å². The summed E-state index contributed by atoms with van der Waals surface area (Å²) in [4.78, 5) is 13.9. The summed E-state index contributed by atoms with van der Waals surface area (Å²) in [7, 11) is -3.71. The minimum Gasteiger partial charge on any atom is -0.450 e. The largest absolute Gasteiger partial charge is 0.450 e. The number of benzene rings is 2. The van der Waals surface area contributed by atoms with Crippen molar-refractivity contribution in [3.63, 3.8) is 0 Å². The average molecular weight is 488 g/mol. The molecule has 1 atom stereocenters. The molecule has 8 heteroatoms. The van der Waals surface area contributed by atoms with Gasteiger partial charge in [0.15, 0.2) is 0 Å². The third-order valence-corrected chi connectivity index (χ3v) is 8.69. The van der Waals surface area contributed by atoms with Gasteiger partial charge in [-0.3, -0.25) is 0 Å². The molecule has 4 rings (SSSR count). The number of nitrogens with zero attached hydrogens (tertiary/aromatic N) is 1. The van der Waals surface area contributed by atoms with Crippen molar-refractivity contribution in [1.29, 1.82) is 0 Å². The van der Waals surface area contributed by atoms with Gasteiger partial charge in [0.2, 0.25) is 10.0 Å². The summed E-state index contributed by atoms with van der Waals surface area (Å²) in [6.45, 7) is 5.25. The Bertz CT molecular complexity index is 1090. The predicted molar refractivity (Wildman–Crippen MR) is 134 cm³/mol. The van der Waals surface area contributed by atoms with Gasteiger partial charge in [-0.05, 0) is 56.5 Å². The lowest BCUT2D eigenvalue weighted by molar-refractivity contribution is 0.0966. The molecule has 1 aliphatic heterocycles. The van der Waals surface area contributed by atoms with Crippen LogP contribution in [-0.4, -0.2) is 51.2 Å². The van der Waals surface area contributed by atoms with Gasteiger partial charge in [0.05, 0.1) is 11.5 Å². The zero-order valence-electron chi connectivity index (χ0n) is 20.3. The second-order valence-corrected chi connectivity index (χ2v) is 11.2. The van der Waals surface area contributed by atoms with Crippen LogP contribution in [0.4, 0.5) is 4.79 Å². The highest BCUT2D eigenvalue weighted by Crippen LogP contribution is 2.31. The van der Waals surface area contributed by atoms with Gasteiger partial charge in [-0.1, -0.05) is 49.6 Å². The summed E-state index contributed by atoms with van der Waals surface area (Å²) in [5.74, 6) is 0. The molecule has 1 saturated carbocycles. The highest BCUT2D eigenvalue weighted by molar-refractivity contribution is 7.89. The molecule has 2 aromatic rings. The molecule has 0 radical (unpaired) electrons. The molecule has 0 aromatic heterocycles. The highest BCUT2D eigenvalue weighted by Gasteiger charge is 2.28. The standard InChI is InChI=1S/C26H37N3O4S/c1-3-33-26(30)29-17-15-21(16-18-29)28-34(31,32)25-14-13-22(23-11-7-8-12-24(23)25)19(2)27-20-9-5-4-6-10-20/h7-8,11-14,19-21,27-28H,3-6,9-10,15-18H2,1-2H3. The van der Waals surface area contributed by atoms with Crippen molar-refractivity contribution < 1.29 is 17.9 Å². The first-order valence-electron chi connectivity index (χ1n) is 12.6. The van der Waals surface area contributed by atoms with Crippen LogP contribution in [0.3, 0.4) is 0 Å². The molecular weight excluding hydrogens is 450 g/mol. The second kappa shape index (κ2) is 11.1. The number of nitrogens with one attached hydrogen (secondary N) is 2. The lowest BCUT2D eigenvalue weighted by atomic mass is 9.93. The number of sulfonamides is 1. The van der Waals surface area contributed by atoms with E-state index in [1.807, 2.05) is 30.3 Å². The Hall–Kier alpha value is -2.16. The van der Waals surface area contributed by atoms with Gasteiger partial charge in [-0.2, -0.15) is 0 Å². The molecule has 2 N–H and O–H groups in total. The number of fused-ring (bicyclic) bond motifs is 1. The molecule has 2 aliphatic rings. The van der Waals surface area contributed by atoms with E-state index in [1.165, 1.54) is 32.1 Å². The molecule has 186 valence electrons. The number of rotatable bonds is 7. The van der Waals surface area contributed by atoms with Crippen molar-refractivity contribution in [2.45, 2.75) is 81.8 Å². The number of carbonyl (C=O) groups is 1. The van der Waals surface area contributed by atoms with Crippen molar-refractivity contribution in [3.05, 3.63) is 42.0 Å². The molecule has 1 saturated heterocycles.